The van der Waals surface area contributed by atoms with Crippen LogP contribution in [0.15, 0.2) is 18.3 Å². The van der Waals surface area contributed by atoms with Crippen molar-refractivity contribution in [1.29, 1.82) is 0 Å². The Morgan fingerprint density at radius 2 is 2.00 bits per heavy atom. The highest BCUT2D eigenvalue weighted by Gasteiger charge is 2.05. The highest BCUT2D eigenvalue weighted by Crippen LogP contribution is 2.12. The van der Waals surface area contributed by atoms with Crippen LogP contribution in [0.25, 0.3) is 0 Å². The molecule has 2 aromatic heterocycles. The van der Waals surface area contributed by atoms with Crippen LogP contribution in [0.5, 0.6) is 0 Å². The van der Waals surface area contributed by atoms with Gasteiger partial charge in [-0.1, -0.05) is 6.07 Å². The molecule has 0 unspecified atom stereocenters. The molecule has 0 radical (unpaired) electrons. The van der Waals surface area contributed by atoms with E-state index in [0.29, 0.717) is 0 Å². The number of aromatic amines is 1. The molecule has 17 heavy (non-hydrogen) atoms. The minimum Gasteiger partial charge on any atom is -0.366 e. The van der Waals surface area contributed by atoms with Gasteiger partial charge in [0.1, 0.15) is 5.82 Å². The van der Waals surface area contributed by atoms with E-state index in [-0.39, 0.29) is 12.4 Å². The summed E-state index contributed by atoms with van der Waals surface area (Å²) in [6.45, 7) is 6.81. The molecular formula is C12H17ClN4. The van der Waals surface area contributed by atoms with Crippen LogP contribution >= 0.6 is 12.4 Å². The molecule has 5 heteroatoms. The first-order chi connectivity index (χ1) is 7.66. The van der Waals surface area contributed by atoms with Gasteiger partial charge in [-0.2, -0.15) is 5.10 Å². The molecule has 2 rings (SSSR count). The average molecular weight is 253 g/mol. The molecule has 0 aliphatic rings. The summed E-state index contributed by atoms with van der Waals surface area (Å²) in [6.07, 6.45) is 1.86. The van der Waals surface area contributed by atoms with Gasteiger partial charge in [0.25, 0.3) is 0 Å². The molecule has 0 spiro atoms. The zero-order chi connectivity index (χ0) is 11.5. The summed E-state index contributed by atoms with van der Waals surface area (Å²) < 4.78 is 0. The molecule has 4 nitrogen and oxygen atoms in total. The highest BCUT2D eigenvalue weighted by atomic mass is 35.5. The van der Waals surface area contributed by atoms with Gasteiger partial charge in [0.05, 0.1) is 5.69 Å². The monoisotopic (exact) mass is 252 g/mol. The Morgan fingerprint density at radius 1 is 1.24 bits per heavy atom. The molecule has 0 saturated heterocycles. The third kappa shape index (κ3) is 3.20. The third-order valence-corrected chi connectivity index (χ3v) is 2.64. The Morgan fingerprint density at radius 3 is 2.53 bits per heavy atom. The van der Waals surface area contributed by atoms with E-state index in [0.717, 1.165) is 23.8 Å². The van der Waals surface area contributed by atoms with Crippen LogP contribution in [-0.2, 0) is 6.54 Å². The van der Waals surface area contributed by atoms with Crippen molar-refractivity contribution >= 4 is 18.2 Å². The Kier molecular flexibility index (Phi) is 4.52. The quantitative estimate of drug-likeness (QED) is 0.883. The average Bonchev–Trinajstić information content (AvgIpc) is 2.59. The molecule has 0 amide bonds. The molecule has 2 aromatic rings. The fourth-order valence-electron chi connectivity index (χ4n) is 1.59. The van der Waals surface area contributed by atoms with Crippen molar-refractivity contribution < 1.29 is 0 Å². The molecule has 0 fully saturated rings. The summed E-state index contributed by atoms with van der Waals surface area (Å²) in [5.41, 5.74) is 4.53. The number of aromatic nitrogens is 3. The largest absolute Gasteiger partial charge is 0.366 e. The molecule has 92 valence electrons. The van der Waals surface area contributed by atoms with Crippen LogP contribution in [0.2, 0.25) is 0 Å². The van der Waals surface area contributed by atoms with Crippen LogP contribution in [0.4, 0.5) is 5.82 Å². The fourth-order valence-corrected chi connectivity index (χ4v) is 1.59. The first kappa shape index (κ1) is 13.5. The van der Waals surface area contributed by atoms with Gasteiger partial charge >= 0.3 is 0 Å². The van der Waals surface area contributed by atoms with E-state index < -0.39 is 0 Å². The second-order valence-corrected chi connectivity index (χ2v) is 3.99. The first-order valence-electron chi connectivity index (χ1n) is 5.34. The predicted molar refractivity (Wildman–Crippen MR) is 71.6 cm³/mol. The van der Waals surface area contributed by atoms with Crippen molar-refractivity contribution in [3.63, 3.8) is 0 Å². The zero-order valence-electron chi connectivity index (χ0n) is 10.2. The Balaban J connectivity index is 0.00000144. The van der Waals surface area contributed by atoms with Gasteiger partial charge in [0, 0.05) is 24.0 Å². The molecule has 0 aliphatic heterocycles. The number of halogens is 1. The number of hydrogen-bond acceptors (Lipinski definition) is 3. The minimum atomic E-state index is 0. The summed E-state index contributed by atoms with van der Waals surface area (Å²) in [5.74, 6) is 0.894. The van der Waals surface area contributed by atoms with Gasteiger partial charge in [-0.05, 0) is 32.4 Å². The normalized spacial score (nSPS) is 9.82. The summed E-state index contributed by atoms with van der Waals surface area (Å²) >= 11 is 0. The molecular weight excluding hydrogens is 236 g/mol. The smallest absolute Gasteiger partial charge is 0.126 e. The van der Waals surface area contributed by atoms with E-state index in [1.54, 1.807) is 0 Å². The molecule has 0 bridgehead atoms. The lowest BCUT2D eigenvalue weighted by Gasteiger charge is -2.05. The second kappa shape index (κ2) is 5.68. The molecule has 0 aliphatic carbocycles. The number of aryl methyl sites for hydroxylation is 3. The van der Waals surface area contributed by atoms with E-state index in [2.05, 4.69) is 20.5 Å². The van der Waals surface area contributed by atoms with Gasteiger partial charge in [-0.15, -0.1) is 12.4 Å². The maximum absolute atomic E-state index is 4.30. The lowest BCUT2D eigenvalue weighted by atomic mass is 10.2. The number of hydrogen-bond donors (Lipinski definition) is 2. The number of pyridine rings is 1. The van der Waals surface area contributed by atoms with Crippen molar-refractivity contribution in [2.24, 2.45) is 0 Å². The van der Waals surface area contributed by atoms with Crippen molar-refractivity contribution in [2.45, 2.75) is 27.3 Å². The summed E-state index contributed by atoms with van der Waals surface area (Å²) in [6, 6.07) is 4.03. The SMILES string of the molecule is Cc1ccc(NCc2c(C)n[nH]c2C)nc1.Cl. The Labute approximate surface area is 107 Å². The van der Waals surface area contributed by atoms with Crippen LogP contribution < -0.4 is 5.32 Å². The van der Waals surface area contributed by atoms with E-state index in [1.807, 2.05) is 39.1 Å². The molecule has 2 N–H and O–H groups in total. The van der Waals surface area contributed by atoms with Crippen LogP contribution in [0.1, 0.15) is 22.5 Å². The van der Waals surface area contributed by atoms with E-state index >= 15 is 0 Å². The summed E-state index contributed by atoms with van der Waals surface area (Å²) in [4.78, 5) is 4.30. The lowest BCUT2D eigenvalue weighted by molar-refractivity contribution is 1.02. The lowest BCUT2D eigenvalue weighted by Crippen LogP contribution is -2.02. The topological polar surface area (TPSA) is 53.6 Å². The van der Waals surface area contributed by atoms with Gasteiger partial charge in [0.15, 0.2) is 0 Å². The number of H-pyrrole nitrogens is 1. The van der Waals surface area contributed by atoms with Gasteiger partial charge in [-0.25, -0.2) is 4.98 Å². The van der Waals surface area contributed by atoms with Crippen LogP contribution in [-0.4, -0.2) is 15.2 Å². The molecule has 0 atom stereocenters. The van der Waals surface area contributed by atoms with Gasteiger partial charge in [-0.3, -0.25) is 5.10 Å². The van der Waals surface area contributed by atoms with Gasteiger partial charge < -0.3 is 5.32 Å². The Hall–Kier alpha value is -1.55. The molecule has 0 aromatic carbocycles. The summed E-state index contributed by atoms with van der Waals surface area (Å²) in [5, 5.41) is 10.4. The second-order valence-electron chi connectivity index (χ2n) is 3.99. The number of rotatable bonds is 3. The third-order valence-electron chi connectivity index (χ3n) is 2.64. The number of nitrogens with zero attached hydrogens (tertiary/aromatic N) is 2. The summed E-state index contributed by atoms with van der Waals surface area (Å²) in [7, 11) is 0. The predicted octanol–water partition coefficient (Wildman–Crippen LogP) is 2.76. The van der Waals surface area contributed by atoms with Crippen molar-refractivity contribution in [3.8, 4) is 0 Å². The van der Waals surface area contributed by atoms with Crippen molar-refractivity contribution in [1.82, 2.24) is 15.2 Å². The Bertz CT molecular complexity index is 456. The van der Waals surface area contributed by atoms with Crippen LogP contribution in [0, 0.1) is 20.8 Å². The maximum atomic E-state index is 4.30. The maximum Gasteiger partial charge on any atom is 0.126 e. The van der Waals surface area contributed by atoms with Crippen LogP contribution in [0.3, 0.4) is 0 Å². The van der Waals surface area contributed by atoms with E-state index in [9.17, 15) is 0 Å². The standard InChI is InChI=1S/C12H16N4.ClH/c1-8-4-5-12(13-6-8)14-7-11-9(2)15-16-10(11)3;/h4-6H,7H2,1-3H3,(H,13,14)(H,15,16);1H. The van der Waals surface area contributed by atoms with Crippen molar-refractivity contribution in [3.05, 3.63) is 40.8 Å². The first-order valence-corrected chi connectivity index (χ1v) is 5.34. The van der Waals surface area contributed by atoms with E-state index in [4.69, 9.17) is 0 Å². The van der Waals surface area contributed by atoms with Gasteiger partial charge in [0.2, 0.25) is 0 Å². The minimum absolute atomic E-state index is 0. The van der Waals surface area contributed by atoms with Crippen molar-refractivity contribution in [2.75, 3.05) is 5.32 Å². The zero-order valence-corrected chi connectivity index (χ0v) is 11.1. The fraction of sp³-hybridized carbons (Fsp3) is 0.333. The number of nitrogens with one attached hydrogen (secondary N) is 2. The molecule has 2 heterocycles. The van der Waals surface area contributed by atoms with E-state index in [1.165, 1.54) is 11.1 Å². The number of anilines is 1. The highest BCUT2D eigenvalue weighted by molar-refractivity contribution is 5.85. The molecule has 0 saturated carbocycles.